The molecule has 1 fully saturated rings. The van der Waals surface area contributed by atoms with Gasteiger partial charge in [-0.15, -0.1) is 0 Å². The monoisotopic (exact) mass is 228 g/mol. The van der Waals surface area contributed by atoms with Crippen LogP contribution in [-0.2, 0) is 0 Å². The fourth-order valence-electron chi connectivity index (χ4n) is 2.72. The normalized spacial score (nSPS) is 26.2. The topological polar surface area (TPSA) is 35.5 Å². The van der Waals surface area contributed by atoms with Gasteiger partial charge in [0.25, 0.3) is 0 Å². The van der Waals surface area contributed by atoms with E-state index in [2.05, 4.69) is 37.9 Å². The second kappa shape index (κ2) is 6.58. The molecule has 3 nitrogen and oxygen atoms in total. The summed E-state index contributed by atoms with van der Waals surface area (Å²) in [6, 6.07) is 0.925. The minimum Gasteiger partial charge on any atom is -0.390 e. The predicted molar refractivity (Wildman–Crippen MR) is 68.6 cm³/mol. The summed E-state index contributed by atoms with van der Waals surface area (Å²) in [6.45, 7) is 11.8. The maximum atomic E-state index is 10.0. The van der Waals surface area contributed by atoms with Crippen molar-refractivity contribution in [2.24, 2.45) is 5.92 Å². The molecule has 1 rings (SSSR count). The second-order valence-electron chi connectivity index (χ2n) is 5.35. The summed E-state index contributed by atoms with van der Waals surface area (Å²) in [7, 11) is 0. The Labute approximate surface area is 100 Å². The molecule has 3 heteroatoms. The molecule has 16 heavy (non-hydrogen) atoms. The highest BCUT2D eigenvalue weighted by molar-refractivity contribution is 4.91. The van der Waals surface area contributed by atoms with E-state index in [0.29, 0.717) is 18.0 Å². The third-order valence-corrected chi connectivity index (χ3v) is 3.56. The number of β-amino-alcohol motifs (C(OH)–C–C–N with tert-alkyl or cyclic N) is 1. The molecule has 2 N–H and O–H groups in total. The predicted octanol–water partition coefficient (Wildman–Crippen LogP) is 1.47. The van der Waals surface area contributed by atoms with Gasteiger partial charge in [-0.25, -0.2) is 0 Å². The molecule has 1 aliphatic heterocycles. The Morgan fingerprint density at radius 1 is 1.25 bits per heavy atom. The standard InChI is InChI=1S/C13H28N2O/c1-5-11(6-2)15(9-10(3)4)12-7-14-8-13(12)16/h10-14,16H,5-9H2,1-4H3. The lowest BCUT2D eigenvalue weighted by molar-refractivity contribution is 0.0424. The van der Waals surface area contributed by atoms with Crippen molar-refractivity contribution >= 4 is 0 Å². The van der Waals surface area contributed by atoms with Crippen molar-refractivity contribution in [2.75, 3.05) is 19.6 Å². The van der Waals surface area contributed by atoms with Crippen LogP contribution in [0.25, 0.3) is 0 Å². The largest absolute Gasteiger partial charge is 0.390 e. The van der Waals surface area contributed by atoms with Crippen LogP contribution in [0.5, 0.6) is 0 Å². The van der Waals surface area contributed by atoms with Gasteiger partial charge >= 0.3 is 0 Å². The molecule has 0 amide bonds. The van der Waals surface area contributed by atoms with E-state index < -0.39 is 0 Å². The van der Waals surface area contributed by atoms with Gasteiger partial charge in [-0.05, 0) is 18.8 Å². The minimum absolute atomic E-state index is 0.195. The highest BCUT2D eigenvalue weighted by Crippen LogP contribution is 2.19. The lowest BCUT2D eigenvalue weighted by atomic mass is 10.0. The van der Waals surface area contributed by atoms with Crippen LogP contribution in [0.4, 0.5) is 0 Å². The molecule has 0 aromatic carbocycles. The van der Waals surface area contributed by atoms with Crippen LogP contribution in [0.3, 0.4) is 0 Å². The molecular weight excluding hydrogens is 200 g/mol. The van der Waals surface area contributed by atoms with Crippen LogP contribution in [0.1, 0.15) is 40.5 Å². The molecule has 0 bridgehead atoms. The fraction of sp³-hybridized carbons (Fsp3) is 1.00. The van der Waals surface area contributed by atoms with E-state index in [-0.39, 0.29) is 6.10 Å². The van der Waals surface area contributed by atoms with Crippen LogP contribution < -0.4 is 5.32 Å². The highest BCUT2D eigenvalue weighted by atomic mass is 16.3. The Balaban J connectivity index is 2.68. The van der Waals surface area contributed by atoms with Crippen molar-refractivity contribution in [3.05, 3.63) is 0 Å². The number of aliphatic hydroxyl groups excluding tert-OH is 1. The zero-order chi connectivity index (χ0) is 12.1. The maximum Gasteiger partial charge on any atom is 0.0831 e. The lowest BCUT2D eigenvalue weighted by Crippen LogP contribution is -2.50. The molecule has 0 aromatic rings. The summed E-state index contributed by atoms with van der Waals surface area (Å²) < 4.78 is 0. The van der Waals surface area contributed by atoms with Crippen LogP contribution in [-0.4, -0.2) is 47.8 Å². The van der Waals surface area contributed by atoms with E-state index in [1.807, 2.05) is 0 Å². The number of aliphatic hydroxyl groups is 1. The first-order chi connectivity index (χ1) is 7.60. The molecule has 0 radical (unpaired) electrons. The van der Waals surface area contributed by atoms with Gasteiger partial charge in [-0.2, -0.15) is 0 Å². The van der Waals surface area contributed by atoms with Gasteiger partial charge in [0.1, 0.15) is 0 Å². The van der Waals surface area contributed by atoms with E-state index >= 15 is 0 Å². The molecule has 2 unspecified atom stereocenters. The van der Waals surface area contributed by atoms with Gasteiger partial charge in [-0.1, -0.05) is 27.7 Å². The third-order valence-electron chi connectivity index (χ3n) is 3.56. The average Bonchev–Trinajstić information content (AvgIpc) is 2.64. The van der Waals surface area contributed by atoms with Crippen LogP contribution in [0.2, 0.25) is 0 Å². The van der Waals surface area contributed by atoms with Gasteiger partial charge in [0, 0.05) is 31.7 Å². The van der Waals surface area contributed by atoms with E-state index in [0.717, 1.165) is 19.6 Å². The van der Waals surface area contributed by atoms with Gasteiger partial charge in [0.2, 0.25) is 0 Å². The number of hydrogen-bond acceptors (Lipinski definition) is 3. The fourth-order valence-corrected chi connectivity index (χ4v) is 2.72. The van der Waals surface area contributed by atoms with Crippen molar-refractivity contribution in [3.8, 4) is 0 Å². The summed E-state index contributed by atoms with van der Waals surface area (Å²) in [5.74, 6) is 0.661. The third kappa shape index (κ3) is 3.44. The average molecular weight is 228 g/mol. The Hall–Kier alpha value is -0.120. The van der Waals surface area contributed by atoms with Crippen LogP contribution in [0, 0.1) is 5.92 Å². The number of nitrogens with one attached hydrogen (secondary N) is 1. The molecule has 0 aliphatic carbocycles. The first kappa shape index (κ1) is 13.9. The molecular formula is C13H28N2O. The highest BCUT2D eigenvalue weighted by Gasteiger charge is 2.33. The first-order valence-electron chi connectivity index (χ1n) is 6.74. The molecule has 0 spiro atoms. The molecule has 0 saturated carbocycles. The van der Waals surface area contributed by atoms with Gasteiger partial charge in [0.15, 0.2) is 0 Å². The summed E-state index contributed by atoms with van der Waals surface area (Å²) in [4.78, 5) is 2.52. The number of rotatable bonds is 6. The summed E-state index contributed by atoms with van der Waals surface area (Å²) in [6.07, 6.45) is 2.15. The minimum atomic E-state index is -0.195. The van der Waals surface area contributed by atoms with Crippen molar-refractivity contribution in [1.29, 1.82) is 0 Å². The van der Waals surface area contributed by atoms with Gasteiger partial charge in [0.05, 0.1) is 6.10 Å². The lowest BCUT2D eigenvalue weighted by Gasteiger charge is -2.38. The zero-order valence-corrected chi connectivity index (χ0v) is 11.2. The van der Waals surface area contributed by atoms with Crippen molar-refractivity contribution in [1.82, 2.24) is 10.2 Å². The Morgan fingerprint density at radius 2 is 1.88 bits per heavy atom. The van der Waals surface area contributed by atoms with Crippen LogP contribution in [0.15, 0.2) is 0 Å². The smallest absolute Gasteiger partial charge is 0.0831 e. The maximum absolute atomic E-state index is 10.0. The van der Waals surface area contributed by atoms with E-state index in [4.69, 9.17) is 0 Å². The molecule has 1 saturated heterocycles. The van der Waals surface area contributed by atoms with Gasteiger partial charge in [-0.3, -0.25) is 4.90 Å². The number of hydrogen-bond donors (Lipinski definition) is 2. The number of nitrogens with zero attached hydrogens (tertiary/aromatic N) is 1. The Bertz CT molecular complexity index is 192. The summed E-state index contributed by atoms with van der Waals surface area (Å²) >= 11 is 0. The van der Waals surface area contributed by atoms with E-state index in [1.54, 1.807) is 0 Å². The molecule has 0 aromatic heterocycles. The Kier molecular flexibility index (Phi) is 5.73. The van der Waals surface area contributed by atoms with Gasteiger partial charge < -0.3 is 10.4 Å². The van der Waals surface area contributed by atoms with Crippen molar-refractivity contribution in [3.63, 3.8) is 0 Å². The second-order valence-corrected chi connectivity index (χ2v) is 5.35. The van der Waals surface area contributed by atoms with Crippen molar-refractivity contribution in [2.45, 2.75) is 58.7 Å². The van der Waals surface area contributed by atoms with Crippen molar-refractivity contribution < 1.29 is 5.11 Å². The van der Waals surface area contributed by atoms with Crippen LogP contribution >= 0.6 is 0 Å². The molecule has 1 aliphatic rings. The molecule has 2 atom stereocenters. The molecule has 1 heterocycles. The zero-order valence-electron chi connectivity index (χ0n) is 11.2. The Morgan fingerprint density at radius 3 is 2.25 bits per heavy atom. The quantitative estimate of drug-likeness (QED) is 0.722. The summed E-state index contributed by atoms with van der Waals surface area (Å²) in [5, 5.41) is 13.3. The summed E-state index contributed by atoms with van der Waals surface area (Å²) in [5.41, 5.74) is 0. The first-order valence-corrected chi connectivity index (χ1v) is 6.74. The molecule has 96 valence electrons. The van der Waals surface area contributed by atoms with E-state index in [1.165, 1.54) is 12.8 Å². The SMILES string of the molecule is CCC(CC)N(CC(C)C)C1CNCC1O. The van der Waals surface area contributed by atoms with E-state index in [9.17, 15) is 5.11 Å².